The van der Waals surface area contributed by atoms with Gasteiger partial charge in [0.1, 0.15) is 5.82 Å². The van der Waals surface area contributed by atoms with Crippen molar-refractivity contribution in [2.24, 2.45) is 0 Å². The fourth-order valence-electron chi connectivity index (χ4n) is 2.06. The van der Waals surface area contributed by atoms with E-state index in [0.717, 1.165) is 4.90 Å². The second kappa shape index (κ2) is 5.36. The van der Waals surface area contributed by atoms with E-state index >= 15 is 0 Å². The molecule has 2 nitrogen and oxygen atoms in total. The highest BCUT2D eigenvalue weighted by molar-refractivity contribution is 8.00. The lowest BCUT2D eigenvalue weighted by Crippen LogP contribution is -2.41. The smallest absolute Gasteiger partial charge is 0.399 e. The fraction of sp³-hybridized carbons (Fsp3) is 0.600. The molecule has 0 N–H and O–H groups in total. The van der Waals surface area contributed by atoms with E-state index < -0.39 is 18.3 Å². The summed E-state index contributed by atoms with van der Waals surface area (Å²) in [7, 11) is -0.651. The molecule has 1 fully saturated rings. The molecule has 1 aromatic rings. The molecule has 0 atom stereocenters. The molecule has 0 aromatic heterocycles. The molecule has 20 heavy (non-hydrogen) atoms. The van der Waals surface area contributed by atoms with Crippen LogP contribution in [-0.4, -0.2) is 23.6 Å². The van der Waals surface area contributed by atoms with E-state index in [9.17, 15) is 4.39 Å². The van der Waals surface area contributed by atoms with Gasteiger partial charge in [-0.05, 0) is 39.8 Å². The first-order chi connectivity index (χ1) is 9.14. The lowest BCUT2D eigenvalue weighted by molar-refractivity contribution is 0.00578. The zero-order valence-corrected chi connectivity index (χ0v) is 13.8. The Morgan fingerprint density at radius 3 is 2.15 bits per heavy atom. The Balaban J connectivity index is 2.39. The van der Waals surface area contributed by atoms with Crippen molar-refractivity contribution < 1.29 is 13.7 Å². The second-order valence-electron chi connectivity index (χ2n) is 6.41. The van der Waals surface area contributed by atoms with Gasteiger partial charge in [-0.3, -0.25) is 0 Å². The predicted octanol–water partition coefficient (Wildman–Crippen LogP) is 3.63. The summed E-state index contributed by atoms with van der Waals surface area (Å²) >= 11 is 1.63. The summed E-state index contributed by atoms with van der Waals surface area (Å²) in [6, 6.07) is 5.12. The number of benzene rings is 1. The predicted molar refractivity (Wildman–Crippen MR) is 83.1 cm³/mol. The molecule has 0 aliphatic carbocycles. The van der Waals surface area contributed by atoms with Crippen LogP contribution in [0.25, 0.3) is 0 Å². The van der Waals surface area contributed by atoms with Gasteiger partial charge in [-0.25, -0.2) is 4.39 Å². The third-order valence-electron chi connectivity index (χ3n) is 3.86. The van der Waals surface area contributed by atoms with Crippen molar-refractivity contribution in [2.75, 3.05) is 0 Å². The number of hydrogen-bond acceptors (Lipinski definition) is 3. The topological polar surface area (TPSA) is 18.5 Å². The summed E-state index contributed by atoms with van der Waals surface area (Å²) in [4.78, 5) is 0.888. The summed E-state index contributed by atoms with van der Waals surface area (Å²) in [5, 5.41) is 0.373. The quantitative estimate of drug-likeness (QED) is 0.627. The van der Waals surface area contributed by atoms with E-state index in [1.807, 2.05) is 33.8 Å². The molecule has 0 spiro atoms. The average Bonchev–Trinajstić information content (AvgIpc) is 2.46. The van der Waals surface area contributed by atoms with Crippen LogP contribution in [0.5, 0.6) is 0 Å². The molecular formula is C15H22BFO2S. The molecule has 1 aromatic carbocycles. The fourth-order valence-corrected chi connectivity index (χ4v) is 3.05. The van der Waals surface area contributed by atoms with Gasteiger partial charge >= 0.3 is 7.12 Å². The number of thioether (sulfide) groups is 1. The van der Waals surface area contributed by atoms with E-state index in [1.54, 1.807) is 17.8 Å². The van der Waals surface area contributed by atoms with Crippen LogP contribution in [0.15, 0.2) is 23.1 Å². The van der Waals surface area contributed by atoms with E-state index in [0.29, 0.717) is 10.7 Å². The van der Waals surface area contributed by atoms with E-state index in [-0.39, 0.29) is 5.82 Å². The van der Waals surface area contributed by atoms with Crippen LogP contribution in [0.3, 0.4) is 0 Å². The van der Waals surface area contributed by atoms with Crippen LogP contribution in [0, 0.1) is 5.82 Å². The minimum atomic E-state index is -0.651. The zero-order chi connectivity index (χ0) is 15.1. The largest absolute Gasteiger partial charge is 0.499 e. The van der Waals surface area contributed by atoms with Gasteiger partial charge in [0.15, 0.2) is 0 Å². The van der Waals surface area contributed by atoms with Gasteiger partial charge in [0.25, 0.3) is 0 Å². The maximum atomic E-state index is 14.3. The third kappa shape index (κ3) is 2.90. The summed E-state index contributed by atoms with van der Waals surface area (Å²) in [6.07, 6.45) is 0. The Kier molecular flexibility index (Phi) is 4.25. The van der Waals surface area contributed by atoms with Crippen molar-refractivity contribution in [3.05, 3.63) is 24.0 Å². The SMILES string of the molecule is CC(C)Sc1cccc(F)c1B1OC(C)(C)C(C)(C)O1. The highest BCUT2D eigenvalue weighted by Crippen LogP contribution is 2.37. The first-order valence-corrected chi connectivity index (χ1v) is 7.83. The zero-order valence-electron chi connectivity index (χ0n) is 13.0. The molecule has 0 saturated carbocycles. The number of hydrogen-bond donors (Lipinski definition) is 0. The highest BCUT2D eigenvalue weighted by Gasteiger charge is 2.53. The Morgan fingerprint density at radius 1 is 1.10 bits per heavy atom. The molecule has 1 saturated heterocycles. The molecule has 1 heterocycles. The summed E-state index contributed by atoms with van der Waals surface area (Å²) in [5.74, 6) is -0.269. The standard InChI is InChI=1S/C15H22BFO2S/c1-10(2)20-12-9-7-8-11(17)13(12)16-18-14(3,4)15(5,6)19-16/h7-10H,1-6H3. The highest BCUT2D eigenvalue weighted by atomic mass is 32.2. The monoisotopic (exact) mass is 296 g/mol. The Labute approximate surface area is 125 Å². The van der Waals surface area contributed by atoms with E-state index in [1.165, 1.54) is 6.07 Å². The van der Waals surface area contributed by atoms with Gasteiger partial charge in [-0.1, -0.05) is 19.9 Å². The molecule has 0 radical (unpaired) electrons. The van der Waals surface area contributed by atoms with E-state index in [2.05, 4.69) is 13.8 Å². The van der Waals surface area contributed by atoms with Crippen LogP contribution in [0.4, 0.5) is 4.39 Å². The molecule has 0 unspecified atom stereocenters. The minimum absolute atomic E-state index is 0.269. The normalized spacial score (nSPS) is 20.7. The van der Waals surface area contributed by atoms with Crippen molar-refractivity contribution in [2.45, 2.75) is 62.9 Å². The molecule has 1 aliphatic heterocycles. The second-order valence-corrected chi connectivity index (χ2v) is 8.02. The average molecular weight is 296 g/mol. The molecule has 0 bridgehead atoms. The summed E-state index contributed by atoms with van der Waals surface area (Å²) in [6.45, 7) is 12.1. The summed E-state index contributed by atoms with van der Waals surface area (Å²) in [5.41, 5.74) is -0.399. The van der Waals surface area contributed by atoms with Crippen molar-refractivity contribution >= 4 is 24.3 Å². The van der Waals surface area contributed by atoms with Crippen LogP contribution < -0.4 is 5.46 Å². The van der Waals surface area contributed by atoms with Crippen LogP contribution in [-0.2, 0) is 9.31 Å². The lowest BCUT2D eigenvalue weighted by atomic mass is 9.78. The maximum absolute atomic E-state index is 14.3. The molecular weight excluding hydrogens is 274 g/mol. The van der Waals surface area contributed by atoms with Crippen molar-refractivity contribution in [1.82, 2.24) is 0 Å². The third-order valence-corrected chi connectivity index (χ3v) is 4.95. The van der Waals surface area contributed by atoms with Gasteiger partial charge in [0.2, 0.25) is 0 Å². The number of rotatable bonds is 3. The maximum Gasteiger partial charge on any atom is 0.499 e. The van der Waals surface area contributed by atoms with Crippen LogP contribution >= 0.6 is 11.8 Å². The van der Waals surface area contributed by atoms with Gasteiger partial charge in [0, 0.05) is 15.6 Å². The van der Waals surface area contributed by atoms with E-state index in [4.69, 9.17) is 9.31 Å². The Hall–Kier alpha value is -0.515. The molecule has 5 heteroatoms. The van der Waals surface area contributed by atoms with Gasteiger partial charge in [0.05, 0.1) is 11.2 Å². The van der Waals surface area contributed by atoms with Crippen molar-refractivity contribution in [3.8, 4) is 0 Å². The Morgan fingerprint density at radius 2 is 1.65 bits per heavy atom. The lowest BCUT2D eigenvalue weighted by Gasteiger charge is -2.32. The number of halogens is 1. The van der Waals surface area contributed by atoms with Crippen LogP contribution in [0.1, 0.15) is 41.5 Å². The molecule has 0 amide bonds. The Bertz CT molecular complexity index is 487. The minimum Gasteiger partial charge on any atom is -0.399 e. The first-order valence-electron chi connectivity index (χ1n) is 6.95. The van der Waals surface area contributed by atoms with Crippen molar-refractivity contribution in [3.63, 3.8) is 0 Å². The van der Waals surface area contributed by atoms with Crippen molar-refractivity contribution in [1.29, 1.82) is 0 Å². The van der Waals surface area contributed by atoms with Gasteiger partial charge < -0.3 is 9.31 Å². The molecule has 110 valence electrons. The van der Waals surface area contributed by atoms with Crippen LogP contribution in [0.2, 0.25) is 0 Å². The van der Waals surface area contributed by atoms with Gasteiger partial charge in [-0.15, -0.1) is 11.8 Å². The molecule has 2 rings (SSSR count). The summed E-state index contributed by atoms with van der Waals surface area (Å²) < 4.78 is 26.2. The first kappa shape index (κ1) is 15.9. The molecule has 1 aliphatic rings. The van der Waals surface area contributed by atoms with Gasteiger partial charge in [-0.2, -0.15) is 0 Å².